The number of benzene rings is 1. The number of amides is 1. The zero-order valence-corrected chi connectivity index (χ0v) is 9.88. The largest absolute Gasteiger partial charge is 0.448 e. The van der Waals surface area contributed by atoms with Gasteiger partial charge in [-0.25, -0.2) is 4.79 Å². The van der Waals surface area contributed by atoms with Crippen LogP contribution in [0.5, 0.6) is 0 Å². The maximum atomic E-state index is 11.3. The summed E-state index contributed by atoms with van der Waals surface area (Å²) in [6, 6.07) is 7.01. The van der Waals surface area contributed by atoms with E-state index in [1.165, 1.54) is 0 Å². The van der Waals surface area contributed by atoms with Crippen LogP contribution in [-0.4, -0.2) is 25.8 Å². The molecule has 0 aromatic heterocycles. The molecule has 88 valence electrons. The summed E-state index contributed by atoms with van der Waals surface area (Å²) in [4.78, 5) is 11.3. The maximum Gasteiger partial charge on any atom is 0.411 e. The van der Waals surface area contributed by atoms with Crippen LogP contribution in [0.1, 0.15) is 6.92 Å². The van der Waals surface area contributed by atoms with Gasteiger partial charge in [-0.3, -0.25) is 5.32 Å². The topological polar surface area (TPSA) is 50.4 Å². The number of anilines is 1. The quantitative estimate of drug-likeness (QED) is 0.780. The minimum absolute atomic E-state index is 0.337. The number of para-hydroxylation sites is 1. The van der Waals surface area contributed by atoms with Gasteiger partial charge in [0.1, 0.15) is 6.61 Å². The first kappa shape index (κ1) is 12.8. The number of hydrogen-bond donors (Lipinski definition) is 2. The standard InChI is InChI=1S/C11H15ClN2O2/c1-2-13-7-8-16-11(15)14-10-6-4-3-5-9(10)12/h3-6,13H,2,7-8H2,1H3,(H,14,15). The minimum atomic E-state index is -0.494. The number of hydrogen-bond acceptors (Lipinski definition) is 3. The number of halogens is 1. The molecule has 1 amide bonds. The third-order valence-electron chi connectivity index (χ3n) is 1.87. The first-order valence-corrected chi connectivity index (χ1v) is 5.51. The van der Waals surface area contributed by atoms with Crippen LogP contribution in [0.15, 0.2) is 24.3 Å². The number of carbonyl (C=O) groups is 1. The third-order valence-corrected chi connectivity index (χ3v) is 2.20. The average Bonchev–Trinajstić information content (AvgIpc) is 2.28. The molecule has 1 aromatic rings. The molecule has 0 saturated carbocycles. The number of nitrogens with one attached hydrogen (secondary N) is 2. The predicted octanol–water partition coefficient (Wildman–Crippen LogP) is 2.50. The summed E-state index contributed by atoms with van der Waals surface area (Å²) in [7, 11) is 0. The molecule has 0 aliphatic heterocycles. The van der Waals surface area contributed by atoms with E-state index in [1.807, 2.05) is 6.92 Å². The smallest absolute Gasteiger partial charge is 0.411 e. The molecule has 0 saturated heterocycles. The van der Waals surface area contributed by atoms with Crippen molar-refractivity contribution in [1.29, 1.82) is 0 Å². The van der Waals surface area contributed by atoms with E-state index in [-0.39, 0.29) is 0 Å². The van der Waals surface area contributed by atoms with Crippen molar-refractivity contribution >= 4 is 23.4 Å². The van der Waals surface area contributed by atoms with Gasteiger partial charge in [-0.2, -0.15) is 0 Å². The van der Waals surface area contributed by atoms with Gasteiger partial charge >= 0.3 is 6.09 Å². The van der Waals surface area contributed by atoms with Gasteiger partial charge in [0.05, 0.1) is 10.7 Å². The molecule has 0 atom stereocenters. The zero-order valence-electron chi connectivity index (χ0n) is 9.13. The Morgan fingerprint density at radius 3 is 2.88 bits per heavy atom. The summed E-state index contributed by atoms with van der Waals surface area (Å²) in [5, 5.41) is 6.11. The molecule has 1 rings (SSSR count). The second-order valence-electron chi connectivity index (χ2n) is 3.09. The Balaban J connectivity index is 2.32. The molecule has 0 heterocycles. The fraction of sp³-hybridized carbons (Fsp3) is 0.364. The summed E-state index contributed by atoms with van der Waals surface area (Å²) in [5.74, 6) is 0. The molecular weight excluding hydrogens is 228 g/mol. The first-order valence-electron chi connectivity index (χ1n) is 5.13. The van der Waals surface area contributed by atoms with Crippen LogP contribution in [0.4, 0.5) is 10.5 Å². The number of likely N-dealkylation sites (N-methyl/N-ethyl adjacent to an activating group) is 1. The van der Waals surface area contributed by atoms with Crippen LogP contribution < -0.4 is 10.6 Å². The van der Waals surface area contributed by atoms with Crippen LogP contribution in [0.2, 0.25) is 5.02 Å². The molecule has 0 fully saturated rings. The number of ether oxygens (including phenoxy) is 1. The minimum Gasteiger partial charge on any atom is -0.448 e. The Bertz CT molecular complexity index is 345. The van der Waals surface area contributed by atoms with Crippen molar-refractivity contribution in [3.05, 3.63) is 29.3 Å². The van der Waals surface area contributed by atoms with Crippen molar-refractivity contribution in [3.63, 3.8) is 0 Å². The lowest BCUT2D eigenvalue weighted by Gasteiger charge is -2.08. The van der Waals surface area contributed by atoms with E-state index in [0.717, 1.165) is 6.54 Å². The Morgan fingerprint density at radius 1 is 1.44 bits per heavy atom. The van der Waals surface area contributed by atoms with Gasteiger partial charge in [-0.1, -0.05) is 30.7 Å². The van der Waals surface area contributed by atoms with Gasteiger partial charge in [-0.05, 0) is 18.7 Å². The highest BCUT2D eigenvalue weighted by Crippen LogP contribution is 2.20. The SMILES string of the molecule is CCNCCOC(=O)Nc1ccccc1Cl. The van der Waals surface area contributed by atoms with Gasteiger partial charge in [-0.15, -0.1) is 0 Å². The molecule has 0 aliphatic carbocycles. The zero-order chi connectivity index (χ0) is 11.8. The van der Waals surface area contributed by atoms with E-state index in [1.54, 1.807) is 24.3 Å². The fourth-order valence-corrected chi connectivity index (χ4v) is 1.28. The lowest BCUT2D eigenvalue weighted by Crippen LogP contribution is -2.23. The highest BCUT2D eigenvalue weighted by Gasteiger charge is 2.04. The molecule has 2 N–H and O–H groups in total. The molecule has 0 aliphatic rings. The van der Waals surface area contributed by atoms with Crippen molar-refractivity contribution in [2.24, 2.45) is 0 Å². The summed E-state index contributed by atoms with van der Waals surface area (Å²) in [5.41, 5.74) is 0.553. The average molecular weight is 243 g/mol. The Labute approximate surface area is 99.9 Å². The molecular formula is C11H15ClN2O2. The van der Waals surface area contributed by atoms with Crippen LogP contribution >= 0.6 is 11.6 Å². The second kappa shape index (κ2) is 7.09. The monoisotopic (exact) mass is 242 g/mol. The van der Waals surface area contributed by atoms with Crippen LogP contribution in [-0.2, 0) is 4.74 Å². The van der Waals surface area contributed by atoms with Crippen molar-refractivity contribution in [3.8, 4) is 0 Å². The highest BCUT2D eigenvalue weighted by atomic mass is 35.5. The maximum absolute atomic E-state index is 11.3. The Kier molecular flexibility index (Phi) is 5.67. The van der Waals surface area contributed by atoms with E-state index >= 15 is 0 Å². The van der Waals surface area contributed by atoms with Crippen LogP contribution in [0.3, 0.4) is 0 Å². The summed E-state index contributed by atoms with van der Waals surface area (Å²) in [6.07, 6.45) is -0.494. The summed E-state index contributed by atoms with van der Waals surface area (Å²) in [6.45, 7) is 3.83. The Morgan fingerprint density at radius 2 is 2.19 bits per heavy atom. The Hall–Kier alpha value is -1.26. The van der Waals surface area contributed by atoms with Crippen molar-refractivity contribution in [2.75, 3.05) is 25.0 Å². The fourth-order valence-electron chi connectivity index (χ4n) is 1.10. The van der Waals surface area contributed by atoms with Crippen molar-refractivity contribution < 1.29 is 9.53 Å². The molecule has 0 bridgehead atoms. The molecule has 16 heavy (non-hydrogen) atoms. The van der Waals surface area contributed by atoms with Gasteiger partial charge in [0.2, 0.25) is 0 Å². The summed E-state index contributed by atoms with van der Waals surface area (Å²) >= 11 is 5.87. The van der Waals surface area contributed by atoms with E-state index in [0.29, 0.717) is 23.9 Å². The van der Waals surface area contributed by atoms with E-state index in [4.69, 9.17) is 16.3 Å². The van der Waals surface area contributed by atoms with Crippen molar-refractivity contribution in [2.45, 2.75) is 6.92 Å². The predicted molar refractivity (Wildman–Crippen MR) is 65.0 cm³/mol. The summed E-state index contributed by atoms with van der Waals surface area (Å²) < 4.78 is 4.93. The third kappa shape index (κ3) is 4.51. The number of carbonyl (C=O) groups excluding carboxylic acids is 1. The molecule has 4 nitrogen and oxygen atoms in total. The van der Waals surface area contributed by atoms with Crippen molar-refractivity contribution in [1.82, 2.24) is 5.32 Å². The molecule has 5 heteroatoms. The van der Waals surface area contributed by atoms with Crippen LogP contribution in [0, 0.1) is 0 Å². The second-order valence-corrected chi connectivity index (χ2v) is 3.50. The number of rotatable bonds is 5. The van der Waals surface area contributed by atoms with Gasteiger partial charge < -0.3 is 10.1 Å². The highest BCUT2D eigenvalue weighted by molar-refractivity contribution is 6.33. The van der Waals surface area contributed by atoms with E-state index in [2.05, 4.69) is 10.6 Å². The molecule has 0 spiro atoms. The van der Waals surface area contributed by atoms with Crippen LogP contribution in [0.25, 0.3) is 0 Å². The molecule has 1 aromatic carbocycles. The normalized spacial score (nSPS) is 9.88. The lowest BCUT2D eigenvalue weighted by atomic mass is 10.3. The van der Waals surface area contributed by atoms with E-state index in [9.17, 15) is 4.79 Å². The molecule has 0 unspecified atom stereocenters. The van der Waals surface area contributed by atoms with E-state index < -0.39 is 6.09 Å². The first-order chi connectivity index (χ1) is 7.74. The molecule has 0 radical (unpaired) electrons. The van der Waals surface area contributed by atoms with Gasteiger partial charge in [0, 0.05) is 6.54 Å². The van der Waals surface area contributed by atoms with Gasteiger partial charge in [0.15, 0.2) is 0 Å². The lowest BCUT2D eigenvalue weighted by molar-refractivity contribution is 0.162. The van der Waals surface area contributed by atoms with Gasteiger partial charge in [0.25, 0.3) is 0 Å².